The van der Waals surface area contributed by atoms with Crippen molar-refractivity contribution in [3.8, 4) is 16.1 Å². The summed E-state index contributed by atoms with van der Waals surface area (Å²) in [4.78, 5) is 32.3. The molecule has 37 heavy (non-hydrogen) atoms. The van der Waals surface area contributed by atoms with Crippen LogP contribution >= 0.6 is 23.1 Å². The number of alkyl halides is 3. The van der Waals surface area contributed by atoms with Crippen molar-refractivity contribution in [1.82, 2.24) is 9.55 Å². The second kappa shape index (κ2) is 10.2. The first-order valence-electron chi connectivity index (χ1n) is 11.1. The first kappa shape index (κ1) is 24.8. The van der Waals surface area contributed by atoms with E-state index in [1.807, 2.05) is 36.4 Å². The lowest BCUT2D eigenvalue weighted by atomic mass is 10.1. The van der Waals surface area contributed by atoms with Crippen LogP contribution in [-0.4, -0.2) is 21.2 Å². The van der Waals surface area contributed by atoms with Crippen LogP contribution < -0.4 is 10.9 Å². The summed E-state index contributed by atoms with van der Waals surface area (Å²) in [5, 5.41) is 3.04. The number of carbonyl (C=O) groups excluding carboxylic acids is 1. The average molecular weight is 538 g/mol. The maximum atomic E-state index is 13.6. The Morgan fingerprint density at radius 1 is 0.946 bits per heavy atom. The molecule has 0 aliphatic heterocycles. The van der Waals surface area contributed by atoms with E-state index >= 15 is 0 Å². The van der Waals surface area contributed by atoms with E-state index < -0.39 is 17.6 Å². The molecule has 2 aromatic heterocycles. The van der Waals surface area contributed by atoms with Crippen molar-refractivity contribution in [2.75, 3.05) is 11.1 Å². The van der Waals surface area contributed by atoms with Crippen molar-refractivity contribution in [2.45, 2.75) is 11.3 Å². The molecule has 186 valence electrons. The van der Waals surface area contributed by atoms with Crippen molar-refractivity contribution in [2.24, 2.45) is 0 Å². The molecule has 0 radical (unpaired) electrons. The number of para-hydroxylation sites is 2. The second-order valence-electron chi connectivity index (χ2n) is 7.95. The van der Waals surface area contributed by atoms with Gasteiger partial charge in [-0.25, -0.2) is 4.98 Å². The number of nitrogens with one attached hydrogen (secondary N) is 1. The number of hydrogen-bond acceptors (Lipinski definition) is 5. The molecule has 0 fully saturated rings. The largest absolute Gasteiger partial charge is 0.418 e. The maximum absolute atomic E-state index is 13.6. The monoisotopic (exact) mass is 537 g/mol. The molecule has 10 heteroatoms. The number of benzene rings is 3. The second-order valence-corrected chi connectivity index (χ2v) is 9.92. The quantitative estimate of drug-likeness (QED) is 0.190. The van der Waals surface area contributed by atoms with E-state index in [4.69, 9.17) is 0 Å². The van der Waals surface area contributed by atoms with Gasteiger partial charge in [0.25, 0.3) is 5.56 Å². The van der Waals surface area contributed by atoms with Gasteiger partial charge in [-0.3, -0.25) is 14.2 Å². The summed E-state index contributed by atoms with van der Waals surface area (Å²) >= 11 is 2.34. The minimum Gasteiger partial charge on any atom is -0.325 e. The number of thiophene rings is 1. The molecule has 0 atom stereocenters. The molecule has 1 amide bonds. The topological polar surface area (TPSA) is 64.0 Å². The van der Waals surface area contributed by atoms with Crippen LogP contribution in [0, 0.1) is 0 Å². The van der Waals surface area contributed by atoms with E-state index in [1.165, 1.54) is 34.1 Å². The minimum atomic E-state index is -4.60. The molecule has 0 saturated carbocycles. The van der Waals surface area contributed by atoms with Gasteiger partial charge in [0.15, 0.2) is 5.16 Å². The van der Waals surface area contributed by atoms with E-state index in [2.05, 4.69) is 10.3 Å². The number of amides is 1. The molecule has 2 heterocycles. The Labute approximate surface area is 217 Å². The number of carbonyl (C=O) groups is 1. The van der Waals surface area contributed by atoms with Gasteiger partial charge in [-0.2, -0.15) is 13.2 Å². The molecule has 1 N–H and O–H groups in total. The molecule has 5 aromatic rings. The highest BCUT2D eigenvalue weighted by Gasteiger charge is 2.33. The van der Waals surface area contributed by atoms with Gasteiger partial charge < -0.3 is 5.32 Å². The molecule has 3 aromatic carbocycles. The lowest BCUT2D eigenvalue weighted by Crippen LogP contribution is -2.22. The van der Waals surface area contributed by atoms with Crippen LogP contribution in [0.1, 0.15) is 5.56 Å². The number of halogens is 3. The van der Waals surface area contributed by atoms with Crippen LogP contribution in [0.2, 0.25) is 0 Å². The zero-order valence-corrected chi connectivity index (χ0v) is 20.7. The van der Waals surface area contributed by atoms with Crippen LogP contribution in [0.5, 0.6) is 0 Å². The van der Waals surface area contributed by atoms with E-state index in [1.54, 1.807) is 30.3 Å². The van der Waals surface area contributed by atoms with Crippen LogP contribution in [0.4, 0.5) is 18.9 Å². The number of thioether (sulfide) groups is 1. The number of rotatable bonds is 6. The maximum Gasteiger partial charge on any atom is 0.418 e. The highest BCUT2D eigenvalue weighted by molar-refractivity contribution is 7.99. The van der Waals surface area contributed by atoms with Crippen molar-refractivity contribution in [1.29, 1.82) is 0 Å². The van der Waals surface area contributed by atoms with Crippen molar-refractivity contribution < 1.29 is 18.0 Å². The first-order chi connectivity index (χ1) is 17.8. The highest BCUT2D eigenvalue weighted by Crippen LogP contribution is 2.35. The third-order valence-electron chi connectivity index (χ3n) is 5.45. The smallest absolute Gasteiger partial charge is 0.325 e. The summed E-state index contributed by atoms with van der Waals surface area (Å²) in [5.41, 5.74) is -0.0240. The van der Waals surface area contributed by atoms with E-state index in [9.17, 15) is 22.8 Å². The predicted molar refractivity (Wildman–Crippen MR) is 141 cm³/mol. The molecule has 0 bridgehead atoms. The summed E-state index contributed by atoms with van der Waals surface area (Å²) < 4.78 is 41.3. The van der Waals surface area contributed by atoms with E-state index in [0.29, 0.717) is 15.9 Å². The van der Waals surface area contributed by atoms with Crippen LogP contribution in [0.15, 0.2) is 101 Å². The van der Waals surface area contributed by atoms with Gasteiger partial charge in [-0.15, -0.1) is 11.3 Å². The number of anilines is 1. The van der Waals surface area contributed by atoms with Crippen LogP contribution in [0.25, 0.3) is 26.3 Å². The Morgan fingerprint density at radius 3 is 2.30 bits per heavy atom. The Kier molecular flexibility index (Phi) is 6.86. The number of hydrogen-bond donors (Lipinski definition) is 1. The molecule has 0 aliphatic carbocycles. The zero-order chi connectivity index (χ0) is 26.0. The fourth-order valence-corrected chi connectivity index (χ4v) is 5.65. The Balaban J connectivity index is 1.49. The molecule has 0 saturated heterocycles. The Bertz CT molecular complexity index is 1630. The third kappa shape index (κ3) is 5.30. The summed E-state index contributed by atoms with van der Waals surface area (Å²) in [6.07, 6.45) is -4.60. The molecular formula is C27H18F3N3O2S2. The predicted octanol–water partition coefficient (Wildman–Crippen LogP) is 6.86. The normalized spacial score (nSPS) is 11.5. The Morgan fingerprint density at radius 2 is 1.59 bits per heavy atom. The van der Waals surface area contributed by atoms with Gasteiger partial charge in [-0.05, 0) is 35.9 Å². The number of nitrogens with zero attached hydrogens (tertiary/aromatic N) is 2. The molecule has 0 spiro atoms. The van der Waals surface area contributed by atoms with Gasteiger partial charge in [0.2, 0.25) is 5.91 Å². The average Bonchev–Trinajstić information content (AvgIpc) is 3.33. The third-order valence-corrected chi connectivity index (χ3v) is 7.46. The van der Waals surface area contributed by atoms with Gasteiger partial charge in [0.1, 0.15) is 4.83 Å². The zero-order valence-electron chi connectivity index (χ0n) is 19.0. The van der Waals surface area contributed by atoms with Gasteiger partial charge in [-0.1, -0.05) is 72.4 Å². The lowest BCUT2D eigenvalue weighted by Gasteiger charge is -2.14. The molecule has 5 nitrogen and oxygen atoms in total. The van der Waals surface area contributed by atoms with Crippen molar-refractivity contribution in [3.63, 3.8) is 0 Å². The van der Waals surface area contributed by atoms with Crippen molar-refractivity contribution >= 4 is 44.9 Å². The lowest BCUT2D eigenvalue weighted by molar-refractivity contribution is -0.137. The summed E-state index contributed by atoms with van der Waals surface area (Å²) in [7, 11) is 0. The summed E-state index contributed by atoms with van der Waals surface area (Å²) in [6, 6.07) is 25.1. The molecular weight excluding hydrogens is 519 g/mol. The molecule has 5 rings (SSSR count). The fourth-order valence-electron chi connectivity index (χ4n) is 3.76. The van der Waals surface area contributed by atoms with E-state index in [-0.39, 0.29) is 22.2 Å². The van der Waals surface area contributed by atoms with Crippen LogP contribution in [0.3, 0.4) is 0 Å². The van der Waals surface area contributed by atoms with Gasteiger partial charge in [0, 0.05) is 4.88 Å². The molecule has 0 unspecified atom stereocenters. The number of aromatic nitrogens is 2. The standard InChI is InChI=1S/C27H18F3N3O2S2/c28-27(29,30)20-13-7-8-14-21(20)31-23(34)16-36-26-32-24-19(15-22(37-24)17-9-3-1-4-10-17)25(35)33(26)18-11-5-2-6-12-18/h1-15H,16H2,(H,31,34). The van der Waals surface area contributed by atoms with Gasteiger partial charge in [0.05, 0.1) is 28.1 Å². The van der Waals surface area contributed by atoms with Crippen molar-refractivity contribution in [3.05, 3.63) is 107 Å². The van der Waals surface area contributed by atoms with E-state index in [0.717, 1.165) is 28.3 Å². The highest BCUT2D eigenvalue weighted by atomic mass is 32.2. The fraction of sp³-hybridized carbons (Fsp3) is 0.0741. The van der Waals surface area contributed by atoms with Crippen LogP contribution in [-0.2, 0) is 11.0 Å². The molecule has 0 aliphatic rings. The van der Waals surface area contributed by atoms with Gasteiger partial charge >= 0.3 is 6.18 Å². The summed E-state index contributed by atoms with van der Waals surface area (Å²) in [6.45, 7) is 0. The summed E-state index contributed by atoms with van der Waals surface area (Å²) in [5.74, 6) is -0.889. The SMILES string of the molecule is O=C(CSc1nc2sc(-c3ccccc3)cc2c(=O)n1-c1ccccc1)Nc1ccccc1C(F)(F)F. The first-order valence-corrected chi connectivity index (χ1v) is 12.9. The Hall–Kier alpha value is -3.89. The minimum absolute atomic E-state index is 0.242. The number of fused-ring (bicyclic) bond motifs is 1.